The molecule has 1 fully saturated rings. The molecule has 0 aliphatic carbocycles. The summed E-state index contributed by atoms with van der Waals surface area (Å²) in [6.45, 7) is 7.15. The summed E-state index contributed by atoms with van der Waals surface area (Å²) in [7, 11) is 0. The molecule has 0 unspecified atom stereocenters. The molecule has 0 bridgehead atoms. The molecule has 1 aliphatic heterocycles. The van der Waals surface area contributed by atoms with E-state index in [1.54, 1.807) is 17.1 Å². The van der Waals surface area contributed by atoms with Gasteiger partial charge in [0, 0.05) is 51.3 Å². The lowest BCUT2D eigenvalue weighted by Gasteiger charge is -2.34. The predicted octanol–water partition coefficient (Wildman–Crippen LogP) is 1.11. The maximum atomic E-state index is 12.2. The highest BCUT2D eigenvalue weighted by molar-refractivity contribution is 5.74. The van der Waals surface area contributed by atoms with E-state index in [9.17, 15) is 4.79 Å². The number of nitrogens with one attached hydrogen (secondary N) is 1. The lowest BCUT2D eigenvalue weighted by Crippen LogP contribution is -2.51. The zero-order valence-electron chi connectivity index (χ0n) is 13.4. The highest BCUT2D eigenvalue weighted by Crippen LogP contribution is 2.07. The van der Waals surface area contributed by atoms with Crippen molar-refractivity contribution in [3.63, 3.8) is 0 Å². The first kappa shape index (κ1) is 15.5. The standard InChI is InChI=1S/C16H22N6O/c1-2-20-8-10-21(11-9-20)16(23)18-13-14-4-6-17-15(12-14)22-7-3-5-19-22/h3-7,12H,2,8-11,13H2,1H3,(H,18,23). The van der Waals surface area contributed by atoms with Crippen LogP contribution in [0.25, 0.3) is 5.82 Å². The van der Waals surface area contributed by atoms with Gasteiger partial charge in [-0.1, -0.05) is 6.92 Å². The molecule has 3 heterocycles. The molecule has 0 atom stereocenters. The quantitative estimate of drug-likeness (QED) is 0.918. The number of piperazine rings is 1. The van der Waals surface area contributed by atoms with E-state index in [1.807, 2.05) is 29.3 Å². The van der Waals surface area contributed by atoms with Crippen molar-refractivity contribution in [2.75, 3.05) is 32.7 Å². The smallest absolute Gasteiger partial charge is 0.317 e. The molecule has 0 saturated carbocycles. The van der Waals surface area contributed by atoms with Gasteiger partial charge in [0.15, 0.2) is 5.82 Å². The van der Waals surface area contributed by atoms with E-state index in [0.717, 1.165) is 44.1 Å². The van der Waals surface area contributed by atoms with Crippen LogP contribution in [0, 0.1) is 0 Å². The third kappa shape index (κ3) is 3.87. The van der Waals surface area contributed by atoms with Gasteiger partial charge in [-0.15, -0.1) is 0 Å². The molecular weight excluding hydrogens is 292 g/mol. The minimum atomic E-state index is -0.00166. The van der Waals surface area contributed by atoms with Crippen LogP contribution in [0.5, 0.6) is 0 Å². The van der Waals surface area contributed by atoms with Gasteiger partial charge in [-0.2, -0.15) is 5.10 Å². The van der Waals surface area contributed by atoms with Gasteiger partial charge in [-0.25, -0.2) is 14.5 Å². The number of carbonyl (C=O) groups is 1. The van der Waals surface area contributed by atoms with Crippen LogP contribution in [0.15, 0.2) is 36.8 Å². The summed E-state index contributed by atoms with van der Waals surface area (Å²) in [6.07, 6.45) is 5.29. The molecule has 122 valence electrons. The third-order valence-corrected chi connectivity index (χ3v) is 4.10. The van der Waals surface area contributed by atoms with Crippen LogP contribution in [0.3, 0.4) is 0 Å². The summed E-state index contributed by atoms with van der Waals surface area (Å²) in [5, 5.41) is 7.15. The molecule has 2 amide bonds. The number of pyridine rings is 1. The highest BCUT2D eigenvalue weighted by Gasteiger charge is 2.19. The van der Waals surface area contributed by atoms with Crippen molar-refractivity contribution in [1.29, 1.82) is 0 Å². The molecule has 1 saturated heterocycles. The number of rotatable bonds is 4. The minimum absolute atomic E-state index is 0.00166. The summed E-state index contributed by atoms with van der Waals surface area (Å²) >= 11 is 0. The Hall–Kier alpha value is -2.41. The van der Waals surface area contributed by atoms with Gasteiger partial charge in [-0.05, 0) is 30.3 Å². The third-order valence-electron chi connectivity index (χ3n) is 4.10. The summed E-state index contributed by atoms with van der Waals surface area (Å²) in [5.74, 6) is 0.748. The van der Waals surface area contributed by atoms with Crippen molar-refractivity contribution in [3.05, 3.63) is 42.4 Å². The van der Waals surface area contributed by atoms with Crippen molar-refractivity contribution in [1.82, 2.24) is 29.9 Å². The van der Waals surface area contributed by atoms with Crippen molar-refractivity contribution < 1.29 is 4.79 Å². The number of amides is 2. The van der Waals surface area contributed by atoms with E-state index in [-0.39, 0.29) is 6.03 Å². The summed E-state index contributed by atoms with van der Waals surface area (Å²) in [4.78, 5) is 20.8. The largest absolute Gasteiger partial charge is 0.334 e. The van der Waals surface area contributed by atoms with Gasteiger partial charge in [-0.3, -0.25) is 0 Å². The van der Waals surface area contributed by atoms with E-state index in [4.69, 9.17) is 0 Å². The van der Waals surface area contributed by atoms with Gasteiger partial charge in [0.2, 0.25) is 0 Å². The predicted molar refractivity (Wildman–Crippen MR) is 87.3 cm³/mol. The Morgan fingerprint density at radius 1 is 1.26 bits per heavy atom. The molecular formula is C16H22N6O. The van der Waals surface area contributed by atoms with Gasteiger partial charge in [0.05, 0.1) is 0 Å². The molecule has 23 heavy (non-hydrogen) atoms. The molecule has 0 radical (unpaired) electrons. The number of nitrogens with zero attached hydrogens (tertiary/aromatic N) is 5. The molecule has 0 aromatic carbocycles. The SMILES string of the molecule is CCN1CCN(C(=O)NCc2ccnc(-n3cccn3)c2)CC1. The molecule has 1 aliphatic rings. The van der Waals surface area contributed by atoms with Crippen molar-refractivity contribution in [2.45, 2.75) is 13.5 Å². The maximum absolute atomic E-state index is 12.2. The lowest BCUT2D eigenvalue weighted by atomic mass is 10.2. The lowest BCUT2D eigenvalue weighted by molar-refractivity contribution is 0.142. The number of urea groups is 1. The Bertz CT molecular complexity index is 634. The van der Waals surface area contributed by atoms with Crippen LogP contribution < -0.4 is 5.32 Å². The molecule has 7 heteroatoms. The van der Waals surface area contributed by atoms with Gasteiger partial charge in [0.1, 0.15) is 0 Å². The molecule has 2 aromatic heterocycles. The minimum Gasteiger partial charge on any atom is -0.334 e. The van der Waals surface area contributed by atoms with Crippen LogP contribution in [-0.2, 0) is 6.54 Å². The average molecular weight is 314 g/mol. The average Bonchev–Trinajstić information content (AvgIpc) is 3.15. The van der Waals surface area contributed by atoms with Crippen LogP contribution >= 0.6 is 0 Å². The van der Waals surface area contributed by atoms with E-state index >= 15 is 0 Å². The maximum Gasteiger partial charge on any atom is 0.317 e. The number of hydrogen-bond donors (Lipinski definition) is 1. The van der Waals surface area contributed by atoms with E-state index < -0.39 is 0 Å². The van der Waals surface area contributed by atoms with Crippen LogP contribution in [0.4, 0.5) is 4.79 Å². The van der Waals surface area contributed by atoms with Crippen molar-refractivity contribution in [3.8, 4) is 5.82 Å². The Morgan fingerprint density at radius 3 is 2.78 bits per heavy atom. The van der Waals surface area contributed by atoms with Crippen LogP contribution in [0.2, 0.25) is 0 Å². The Balaban J connectivity index is 1.54. The van der Waals surface area contributed by atoms with Crippen molar-refractivity contribution in [2.24, 2.45) is 0 Å². The fourth-order valence-corrected chi connectivity index (χ4v) is 2.66. The normalized spacial score (nSPS) is 15.6. The zero-order chi connectivity index (χ0) is 16.1. The molecule has 1 N–H and O–H groups in total. The Kier molecular flexibility index (Phi) is 4.87. The molecule has 2 aromatic rings. The number of aromatic nitrogens is 3. The van der Waals surface area contributed by atoms with Gasteiger partial charge < -0.3 is 15.1 Å². The number of hydrogen-bond acceptors (Lipinski definition) is 4. The number of carbonyl (C=O) groups excluding carboxylic acids is 1. The summed E-state index contributed by atoms with van der Waals surface area (Å²) in [6, 6.07) is 5.69. The fraction of sp³-hybridized carbons (Fsp3) is 0.438. The second-order valence-corrected chi connectivity index (χ2v) is 5.55. The first-order chi connectivity index (χ1) is 11.3. The Labute approximate surface area is 135 Å². The Morgan fingerprint density at radius 2 is 2.09 bits per heavy atom. The second-order valence-electron chi connectivity index (χ2n) is 5.55. The highest BCUT2D eigenvalue weighted by atomic mass is 16.2. The van der Waals surface area contributed by atoms with Gasteiger partial charge in [0.25, 0.3) is 0 Å². The molecule has 7 nitrogen and oxygen atoms in total. The number of likely N-dealkylation sites (N-methyl/N-ethyl adjacent to an activating group) is 1. The first-order valence-corrected chi connectivity index (χ1v) is 7.96. The monoisotopic (exact) mass is 314 g/mol. The first-order valence-electron chi connectivity index (χ1n) is 7.96. The molecule has 3 rings (SSSR count). The topological polar surface area (TPSA) is 66.3 Å². The van der Waals surface area contributed by atoms with Gasteiger partial charge >= 0.3 is 6.03 Å². The fourth-order valence-electron chi connectivity index (χ4n) is 2.66. The molecule has 0 spiro atoms. The van der Waals surface area contributed by atoms with E-state index in [1.165, 1.54) is 0 Å². The van der Waals surface area contributed by atoms with Crippen LogP contribution in [-0.4, -0.2) is 63.3 Å². The van der Waals surface area contributed by atoms with Crippen LogP contribution in [0.1, 0.15) is 12.5 Å². The van der Waals surface area contributed by atoms with Crippen molar-refractivity contribution >= 4 is 6.03 Å². The summed E-state index contributed by atoms with van der Waals surface area (Å²) < 4.78 is 1.70. The summed E-state index contributed by atoms with van der Waals surface area (Å²) in [5.41, 5.74) is 1.01. The second kappa shape index (κ2) is 7.23. The van der Waals surface area contributed by atoms with E-state index in [0.29, 0.717) is 6.54 Å². The zero-order valence-corrected chi connectivity index (χ0v) is 13.4. The van der Waals surface area contributed by atoms with E-state index in [2.05, 4.69) is 27.2 Å².